The summed E-state index contributed by atoms with van der Waals surface area (Å²) in [5.41, 5.74) is 0. The highest BCUT2D eigenvalue weighted by atomic mass is 19.3. The molecule has 1 N–H and O–H groups in total. The van der Waals surface area contributed by atoms with Gasteiger partial charge in [-0.05, 0) is 6.42 Å². The molecule has 0 aliphatic carbocycles. The summed E-state index contributed by atoms with van der Waals surface area (Å²) in [6.45, 7) is 2.16. The normalized spacial score (nSPS) is 12.5. The SMILES string of the molecule is CCCCCCCCCCC(O)C(F)=C(F)F. The molecule has 102 valence electrons. The van der Waals surface area contributed by atoms with E-state index >= 15 is 0 Å². The maximum absolute atomic E-state index is 12.5. The lowest BCUT2D eigenvalue weighted by atomic mass is 10.1. The molecule has 1 atom stereocenters. The van der Waals surface area contributed by atoms with Crippen molar-refractivity contribution in [3.05, 3.63) is 11.9 Å². The van der Waals surface area contributed by atoms with Gasteiger partial charge in [-0.25, -0.2) is 4.39 Å². The lowest BCUT2D eigenvalue weighted by Gasteiger charge is -2.07. The zero-order chi connectivity index (χ0) is 13.1. The highest BCUT2D eigenvalue weighted by molar-refractivity contribution is 4.98. The third kappa shape index (κ3) is 9.22. The first-order valence-corrected chi connectivity index (χ1v) is 6.48. The molecule has 0 aliphatic heterocycles. The van der Waals surface area contributed by atoms with Gasteiger partial charge in [0.15, 0.2) is 5.83 Å². The van der Waals surface area contributed by atoms with Crippen molar-refractivity contribution in [2.24, 2.45) is 0 Å². The largest absolute Gasteiger partial charge is 0.386 e. The number of hydrogen-bond donors (Lipinski definition) is 1. The molecule has 0 radical (unpaired) electrons. The Balaban J connectivity index is 3.37. The van der Waals surface area contributed by atoms with Crippen LogP contribution >= 0.6 is 0 Å². The van der Waals surface area contributed by atoms with Crippen LogP contribution < -0.4 is 0 Å². The summed E-state index contributed by atoms with van der Waals surface area (Å²) in [4.78, 5) is 0. The van der Waals surface area contributed by atoms with Crippen LogP contribution in [-0.2, 0) is 0 Å². The van der Waals surface area contributed by atoms with Gasteiger partial charge < -0.3 is 5.11 Å². The Hall–Kier alpha value is -0.510. The number of rotatable bonds is 10. The Morgan fingerprint density at radius 2 is 1.35 bits per heavy atom. The summed E-state index contributed by atoms with van der Waals surface area (Å²) >= 11 is 0. The lowest BCUT2D eigenvalue weighted by molar-refractivity contribution is 0.156. The van der Waals surface area contributed by atoms with Crippen LogP contribution in [0.15, 0.2) is 11.9 Å². The van der Waals surface area contributed by atoms with E-state index in [1.54, 1.807) is 0 Å². The molecule has 1 unspecified atom stereocenters. The van der Waals surface area contributed by atoms with Crippen LogP contribution in [0, 0.1) is 0 Å². The molecular formula is C13H23F3O. The smallest absolute Gasteiger partial charge is 0.304 e. The number of hydrogen-bond acceptors (Lipinski definition) is 1. The maximum atomic E-state index is 12.5. The van der Waals surface area contributed by atoms with Crippen molar-refractivity contribution in [3.63, 3.8) is 0 Å². The molecule has 17 heavy (non-hydrogen) atoms. The van der Waals surface area contributed by atoms with E-state index in [9.17, 15) is 13.2 Å². The van der Waals surface area contributed by atoms with Crippen molar-refractivity contribution in [2.75, 3.05) is 0 Å². The first-order chi connectivity index (χ1) is 8.09. The van der Waals surface area contributed by atoms with Gasteiger partial charge in [-0.2, -0.15) is 8.78 Å². The van der Waals surface area contributed by atoms with Gasteiger partial charge in [-0.1, -0.05) is 58.3 Å². The van der Waals surface area contributed by atoms with Gasteiger partial charge in [0.05, 0.1) is 0 Å². The van der Waals surface area contributed by atoms with E-state index in [0.717, 1.165) is 19.3 Å². The van der Waals surface area contributed by atoms with E-state index < -0.39 is 18.0 Å². The first-order valence-electron chi connectivity index (χ1n) is 6.48. The van der Waals surface area contributed by atoms with Crippen molar-refractivity contribution in [3.8, 4) is 0 Å². The van der Waals surface area contributed by atoms with E-state index in [0.29, 0.717) is 6.42 Å². The Bertz CT molecular complexity index is 213. The Kier molecular flexibility index (Phi) is 10.3. The fourth-order valence-corrected chi connectivity index (χ4v) is 1.72. The average Bonchev–Trinajstić information content (AvgIpc) is 2.31. The third-order valence-electron chi connectivity index (χ3n) is 2.80. The van der Waals surface area contributed by atoms with Gasteiger partial charge in [0.1, 0.15) is 6.10 Å². The maximum Gasteiger partial charge on any atom is 0.304 e. The summed E-state index contributed by atoms with van der Waals surface area (Å²) in [7, 11) is 0. The van der Waals surface area contributed by atoms with Crippen molar-refractivity contribution in [2.45, 2.75) is 70.8 Å². The van der Waals surface area contributed by atoms with Gasteiger partial charge in [0, 0.05) is 0 Å². The summed E-state index contributed by atoms with van der Waals surface area (Å²) in [5.74, 6) is -1.67. The van der Waals surface area contributed by atoms with E-state index in [1.165, 1.54) is 25.7 Å². The quantitative estimate of drug-likeness (QED) is 0.545. The lowest BCUT2D eigenvalue weighted by Crippen LogP contribution is -2.07. The second-order valence-electron chi connectivity index (χ2n) is 4.39. The van der Waals surface area contributed by atoms with Gasteiger partial charge in [0.2, 0.25) is 0 Å². The van der Waals surface area contributed by atoms with Crippen LogP contribution in [-0.4, -0.2) is 11.2 Å². The number of halogens is 3. The highest BCUT2D eigenvalue weighted by Gasteiger charge is 2.15. The first kappa shape index (κ1) is 16.5. The summed E-state index contributed by atoms with van der Waals surface area (Å²) in [6, 6.07) is 0. The van der Waals surface area contributed by atoms with Gasteiger partial charge in [0.25, 0.3) is 0 Å². The standard InChI is InChI=1S/C13H23F3O/c1-2-3-4-5-6-7-8-9-10-11(17)12(14)13(15)16/h11,17H,2-10H2,1H3. The Labute approximate surface area is 102 Å². The molecule has 0 heterocycles. The van der Waals surface area contributed by atoms with Crippen molar-refractivity contribution in [1.82, 2.24) is 0 Å². The van der Waals surface area contributed by atoms with E-state index in [4.69, 9.17) is 5.11 Å². The fourth-order valence-electron chi connectivity index (χ4n) is 1.72. The molecule has 0 aliphatic rings. The van der Waals surface area contributed by atoms with Crippen LogP contribution in [0.4, 0.5) is 13.2 Å². The topological polar surface area (TPSA) is 20.2 Å². The third-order valence-corrected chi connectivity index (χ3v) is 2.80. The summed E-state index contributed by atoms with van der Waals surface area (Å²) < 4.78 is 36.1. The van der Waals surface area contributed by atoms with Gasteiger partial charge >= 0.3 is 6.08 Å². The monoisotopic (exact) mass is 252 g/mol. The zero-order valence-electron chi connectivity index (χ0n) is 10.5. The van der Waals surface area contributed by atoms with Crippen molar-refractivity contribution < 1.29 is 18.3 Å². The van der Waals surface area contributed by atoms with Crippen LogP contribution in [0.2, 0.25) is 0 Å². The van der Waals surface area contributed by atoms with E-state index in [-0.39, 0.29) is 6.42 Å². The molecule has 0 amide bonds. The molecule has 0 saturated heterocycles. The van der Waals surface area contributed by atoms with E-state index in [1.807, 2.05) is 0 Å². The molecule has 1 nitrogen and oxygen atoms in total. The number of aliphatic hydroxyl groups is 1. The van der Waals surface area contributed by atoms with Crippen molar-refractivity contribution in [1.29, 1.82) is 0 Å². The molecule has 0 aromatic rings. The molecule has 0 aromatic heterocycles. The Morgan fingerprint density at radius 3 is 1.82 bits per heavy atom. The minimum atomic E-state index is -2.41. The molecule has 0 saturated carbocycles. The second kappa shape index (κ2) is 10.6. The van der Waals surface area contributed by atoms with Crippen molar-refractivity contribution >= 4 is 0 Å². The average molecular weight is 252 g/mol. The summed E-state index contributed by atoms with van der Waals surface area (Å²) in [6.07, 6.45) is 4.58. The second-order valence-corrected chi connectivity index (χ2v) is 4.39. The molecule has 0 aromatic carbocycles. The van der Waals surface area contributed by atoms with Gasteiger partial charge in [-0.15, -0.1) is 0 Å². The van der Waals surface area contributed by atoms with E-state index in [2.05, 4.69) is 6.92 Å². The number of unbranched alkanes of at least 4 members (excludes halogenated alkanes) is 7. The predicted molar refractivity (Wildman–Crippen MR) is 63.6 cm³/mol. The molecule has 0 rings (SSSR count). The highest BCUT2D eigenvalue weighted by Crippen LogP contribution is 2.18. The van der Waals surface area contributed by atoms with Crippen LogP contribution in [0.5, 0.6) is 0 Å². The summed E-state index contributed by atoms with van der Waals surface area (Å²) in [5, 5.41) is 9.05. The van der Waals surface area contributed by atoms with Crippen LogP contribution in [0.3, 0.4) is 0 Å². The zero-order valence-corrected chi connectivity index (χ0v) is 10.5. The molecule has 4 heteroatoms. The Morgan fingerprint density at radius 1 is 0.882 bits per heavy atom. The van der Waals surface area contributed by atoms with Gasteiger partial charge in [-0.3, -0.25) is 0 Å². The van der Waals surface area contributed by atoms with Crippen LogP contribution in [0.1, 0.15) is 64.7 Å². The fraction of sp³-hybridized carbons (Fsp3) is 0.846. The molecular weight excluding hydrogens is 229 g/mol. The minimum absolute atomic E-state index is 0.0815. The predicted octanol–water partition coefficient (Wildman–Crippen LogP) is 4.96. The number of aliphatic hydroxyl groups excluding tert-OH is 1. The molecule has 0 bridgehead atoms. The minimum Gasteiger partial charge on any atom is -0.386 e. The molecule has 0 spiro atoms. The van der Waals surface area contributed by atoms with Crippen LogP contribution in [0.25, 0.3) is 0 Å². The molecule has 0 fully saturated rings.